The fraction of sp³-hybridized carbons (Fsp3) is 0.647. The first-order chi connectivity index (χ1) is 9.40. The van der Waals surface area contributed by atoms with E-state index in [1.807, 2.05) is 0 Å². The molecule has 2 heteroatoms. The van der Waals surface area contributed by atoms with E-state index in [0.717, 1.165) is 32.1 Å². The summed E-state index contributed by atoms with van der Waals surface area (Å²) in [6, 6.07) is 10.7. The number of nitrogens with two attached hydrogens (primary N) is 1. The van der Waals surface area contributed by atoms with Gasteiger partial charge in [-0.1, -0.05) is 36.8 Å². The summed E-state index contributed by atoms with van der Waals surface area (Å²) in [5, 5.41) is 0. The topological polar surface area (TPSA) is 35.2 Å². The fourth-order valence-corrected chi connectivity index (χ4v) is 3.06. The first-order valence-corrected chi connectivity index (χ1v) is 7.72. The van der Waals surface area contributed by atoms with E-state index in [1.54, 1.807) is 0 Å². The van der Waals surface area contributed by atoms with Gasteiger partial charge >= 0.3 is 0 Å². The number of ether oxygens (including phenoxy) is 1. The van der Waals surface area contributed by atoms with Gasteiger partial charge in [0.2, 0.25) is 0 Å². The van der Waals surface area contributed by atoms with E-state index in [1.165, 1.54) is 37.7 Å². The molecule has 0 aromatic heterocycles. The fourth-order valence-electron chi connectivity index (χ4n) is 3.06. The summed E-state index contributed by atoms with van der Waals surface area (Å²) < 4.78 is 5.83. The molecule has 0 amide bonds. The van der Waals surface area contributed by atoms with Gasteiger partial charge in [-0.3, -0.25) is 0 Å². The van der Waals surface area contributed by atoms with E-state index >= 15 is 0 Å². The van der Waals surface area contributed by atoms with Crippen molar-refractivity contribution in [3.05, 3.63) is 35.9 Å². The van der Waals surface area contributed by atoms with Crippen LogP contribution in [0.4, 0.5) is 0 Å². The summed E-state index contributed by atoms with van der Waals surface area (Å²) in [5.74, 6) is 1.43. The van der Waals surface area contributed by atoms with Crippen molar-refractivity contribution in [3.8, 4) is 0 Å². The second-order valence-corrected chi connectivity index (χ2v) is 5.70. The highest BCUT2D eigenvalue weighted by molar-refractivity contribution is 5.14. The van der Waals surface area contributed by atoms with Gasteiger partial charge in [-0.05, 0) is 56.0 Å². The summed E-state index contributed by atoms with van der Waals surface area (Å²) in [6.07, 6.45) is 7.50. The Hall–Kier alpha value is -0.860. The van der Waals surface area contributed by atoms with Crippen LogP contribution in [0, 0.1) is 11.8 Å². The van der Waals surface area contributed by atoms with Crippen LogP contribution in [0.15, 0.2) is 30.3 Å². The molecule has 0 aliphatic heterocycles. The Labute approximate surface area is 117 Å². The number of aryl methyl sites for hydroxylation is 1. The van der Waals surface area contributed by atoms with Gasteiger partial charge in [0.15, 0.2) is 0 Å². The quantitative estimate of drug-likeness (QED) is 0.728. The molecule has 1 fully saturated rings. The smallest absolute Gasteiger partial charge is 0.0497 e. The molecule has 1 saturated carbocycles. The predicted octanol–water partition coefficient (Wildman–Crippen LogP) is 3.40. The Balaban J connectivity index is 1.50. The molecule has 0 radical (unpaired) electrons. The third-order valence-corrected chi connectivity index (χ3v) is 4.30. The Morgan fingerprint density at radius 2 is 1.84 bits per heavy atom. The zero-order chi connectivity index (χ0) is 13.3. The zero-order valence-corrected chi connectivity index (χ0v) is 11.9. The molecule has 1 aromatic carbocycles. The van der Waals surface area contributed by atoms with Crippen molar-refractivity contribution in [2.45, 2.75) is 38.5 Å². The maximum absolute atomic E-state index is 5.83. The van der Waals surface area contributed by atoms with E-state index in [9.17, 15) is 0 Å². The van der Waals surface area contributed by atoms with Crippen molar-refractivity contribution in [2.24, 2.45) is 17.6 Å². The number of hydrogen-bond donors (Lipinski definition) is 1. The van der Waals surface area contributed by atoms with Crippen molar-refractivity contribution >= 4 is 0 Å². The maximum atomic E-state index is 5.83. The van der Waals surface area contributed by atoms with Gasteiger partial charge < -0.3 is 10.5 Å². The van der Waals surface area contributed by atoms with E-state index in [-0.39, 0.29) is 0 Å². The molecule has 106 valence electrons. The predicted molar refractivity (Wildman–Crippen MR) is 80.1 cm³/mol. The van der Waals surface area contributed by atoms with Crippen LogP contribution in [-0.4, -0.2) is 19.8 Å². The Morgan fingerprint density at radius 1 is 1.05 bits per heavy atom. The van der Waals surface area contributed by atoms with E-state index in [2.05, 4.69) is 30.3 Å². The molecule has 2 nitrogen and oxygen atoms in total. The van der Waals surface area contributed by atoms with Gasteiger partial charge in [0.05, 0.1) is 0 Å². The molecule has 0 spiro atoms. The van der Waals surface area contributed by atoms with Gasteiger partial charge in [-0.25, -0.2) is 0 Å². The molecule has 0 bridgehead atoms. The highest BCUT2D eigenvalue weighted by atomic mass is 16.5. The highest BCUT2D eigenvalue weighted by Gasteiger charge is 2.25. The summed E-state index contributed by atoms with van der Waals surface area (Å²) in [7, 11) is 0. The third-order valence-electron chi connectivity index (χ3n) is 4.30. The molecule has 1 aromatic rings. The van der Waals surface area contributed by atoms with Crippen molar-refractivity contribution in [2.75, 3.05) is 19.8 Å². The molecule has 2 N–H and O–H groups in total. The molecule has 1 aliphatic rings. The zero-order valence-electron chi connectivity index (χ0n) is 11.9. The van der Waals surface area contributed by atoms with Gasteiger partial charge in [0.1, 0.15) is 0 Å². The minimum Gasteiger partial charge on any atom is -0.381 e. The summed E-state index contributed by atoms with van der Waals surface area (Å²) in [4.78, 5) is 0. The van der Waals surface area contributed by atoms with E-state index < -0.39 is 0 Å². The number of hydrogen-bond acceptors (Lipinski definition) is 2. The average Bonchev–Trinajstić information content (AvgIpc) is 2.91. The third kappa shape index (κ3) is 4.96. The molecule has 0 heterocycles. The van der Waals surface area contributed by atoms with Crippen molar-refractivity contribution < 1.29 is 4.74 Å². The van der Waals surface area contributed by atoms with Crippen LogP contribution in [0.5, 0.6) is 0 Å². The summed E-state index contributed by atoms with van der Waals surface area (Å²) in [6.45, 7) is 2.66. The van der Waals surface area contributed by atoms with E-state index in [4.69, 9.17) is 10.5 Å². The van der Waals surface area contributed by atoms with Crippen LogP contribution < -0.4 is 5.73 Å². The molecule has 1 aliphatic carbocycles. The lowest BCUT2D eigenvalue weighted by molar-refractivity contribution is 0.0844. The lowest BCUT2D eigenvalue weighted by Gasteiger charge is -2.17. The maximum Gasteiger partial charge on any atom is 0.0497 e. The first kappa shape index (κ1) is 14.5. The lowest BCUT2D eigenvalue weighted by atomic mass is 9.97. The Morgan fingerprint density at radius 3 is 2.63 bits per heavy atom. The van der Waals surface area contributed by atoms with Crippen LogP contribution in [0.3, 0.4) is 0 Å². The van der Waals surface area contributed by atoms with Gasteiger partial charge in [-0.2, -0.15) is 0 Å². The first-order valence-electron chi connectivity index (χ1n) is 7.72. The van der Waals surface area contributed by atoms with Crippen LogP contribution in [0.1, 0.15) is 37.7 Å². The molecule has 0 saturated heterocycles. The minimum atomic E-state index is 0.712. The SMILES string of the molecule is NCC1CCCC1COCCCCc1ccccc1. The van der Waals surface area contributed by atoms with Crippen molar-refractivity contribution in [3.63, 3.8) is 0 Å². The second-order valence-electron chi connectivity index (χ2n) is 5.70. The van der Waals surface area contributed by atoms with Crippen LogP contribution >= 0.6 is 0 Å². The van der Waals surface area contributed by atoms with Crippen LogP contribution in [-0.2, 0) is 11.2 Å². The highest BCUT2D eigenvalue weighted by Crippen LogP contribution is 2.30. The molecule has 2 rings (SSSR count). The molecule has 2 unspecified atom stereocenters. The van der Waals surface area contributed by atoms with Crippen LogP contribution in [0.25, 0.3) is 0 Å². The number of rotatable bonds is 8. The molecule has 19 heavy (non-hydrogen) atoms. The molecular formula is C17H27NO. The normalized spacial score (nSPS) is 22.8. The summed E-state index contributed by atoms with van der Waals surface area (Å²) in [5.41, 5.74) is 7.22. The summed E-state index contributed by atoms with van der Waals surface area (Å²) >= 11 is 0. The molecular weight excluding hydrogens is 234 g/mol. The molecule has 2 atom stereocenters. The Kier molecular flexibility index (Phi) is 6.38. The lowest BCUT2D eigenvalue weighted by Crippen LogP contribution is -2.22. The minimum absolute atomic E-state index is 0.712. The second kappa shape index (κ2) is 8.34. The number of unbranched alkanes of at least 4 members (excludes halogenated alkanes) is 1. The van der Waals surface area contributed by atoms with Gasteiger partial charge in [-0.15, -0.1) is 0 Å². The van der Waals surface area contributed by atoms with Crippen LogP contribution in [0.2, 0.25) is 0 Å². The van der Waals surface area contributed by atoms with Gasteiger partial charge in [0, 0.05) is 13.2 Å². The monoisotopic (exact) mass is 261 g/mol. The largest absolute Gasteiger partial charge is 0.381 e. The number of benzene rings is 1. The van der Waals surface area contributed by atoms with Gasteiger partial charge in [0.25, 0.3) is 0 Å². The standard InChI is InChI=1S/C17H27NO/c18-13-16-10-6-11-17(16)14-19-12-5-4-9-15-7-2-1-3-8-15/h1-3,7-8,16-17H,4-6,9-14,18H2. The van der Waals surface area contributed by atoms with Crippen molar-refractivity contribution in [1.29, 1.82) is 0 Å². The Bertz CT molecular complexity index is 338. The average molecular weight is 261 g/mol. The van der Waals surface area contributed by atoms with E-state index in [0.29, 0.717) is 5.92 Å². The van der Waals surface area contributed by atoms with Crippen molar-refractivity contribution in [1.82, 2.24) is 0 Å².